The van der Waals surface area contributed by atoms with Crippen LogP contribution >= 0.6 is 0 Å². The third-order valence-corrected chi connectivity index (χ3v) is 3.54. The number of pyridine rings is 1. The Morgan fingerprint density at radius 3 is 3.00 bits per heavy atom. The fourth-order valence-corrected chi connectivity index (χ4v) is 2.13. The van der Waals surface area contributed by atoms with E-state index in [1.165, 1.54) is 12.8 Å². The van der Waals surface area contributed by atoms with Crippen LogP contribution in [0.3, 0.4) is 0 Å². The van der Waals surface area contributed by atoms with E-state index in [0.717, 1.165) is 16.5 Å². The van der Waals surface area contributed by atoms with Gasteiger partial charge in [-0.25, -0.2) is 0 Å². The van der Waals surface area contributed by atoms with Gasteiger partial charge in [-0.2, -0.15) is 0 Å². The SMILES string of the molecule is CC(O)(CNC1CC1)c1ccc2cccnc2c1. The summed E-state index contributed by atoms with van der Waals surface area (Å²) in [4.78, 5) is 4.33. The predicted molar refractivity (Wildman–Crippen MR) is 72.3 cm³/mol. The Bertz CT molecular complexity index is 561. The van der Waals surface area contributed by atoms with Crippen molar-refractivity contribution in [3.05, 3.63) is 42.1 Å². The average Bonchev–Trinajstić information content (AvgIpc) is 3.20. The van der Waals surface area contributed by atoms with Gasteiger partial charge >= 0.3 is 0 Å². The Kier molecular flexibility index (Phi) is 2.80. The predicted octanol–water partition coefficient (Wildman–Crippen LogP) is 2.19. The minimum atomic E-state index is -0.839. The zero-order valence-electron chi connectivity index (χ0n) is 10.6. The molecule has 2 aromatic rings. The highest BCUT2D eigenvalue weighted by Gasteiger charge is 2.28. The second-order valence-electron chi connectivity index (χ2n) is 5.34. The second-order valence-corrected chi connectivity index (χ2v) is 5.34. The van der Waals surface area contributed by atoms with E-state index in [9.17, 15) is 5.11 Å². The number of aliphatic hydroxyl groups is 1. The lowest BCUT2D eigenvalue weighted by molar-refractivity contribution is 0.0567. The monoisotopic (exact) mass is 242 g/mol. The number of hydrogen-bond donors (Lipinski definition) is 2. The van der Waals surface area contributed by atoms with Gasteiger partial charge < -0.3 is 10.4 Å². The molecule has 3 nitrogen and oxygen atoms in total. The molecule has 1 aromatic carbocycles. The lowest BCUT2D eigenvalue weighted by atomic mass is 9.95. The van der Waals surface area contributed by atoms with Gasteiger partial charge in [-0.3, -0.25) is 4.98 Å². The molecule has 1 saturated carbocycles. The molecule has 18 heavy (non-hydrogen) atoms. The van der Waals surface area contributed by atoms with Gasteiger partial charge in [0.2, 0.25) is 0 Å². The molecule has 1 aromatic heterocycles. The standard InChI is InChI=1S/C15H18N2O/c1-15(18,10-17-13-6-7-13)12-5-4-11-3-2-8-16-14(11)9-12/h2-5,8-9,13,17-18H,6-7,10H2,1H3. The van der Waals surface area contributed by atoms with E-state index in [2.05, 4.69) is 10.3 Å². The molecule has 2 N–H and O–H groups in total. The van der Waals surface area contributed by atoms with E-state index >= 15 is 0 Å². The van der Waals surface area contributed by atoms with Crippen LogP contribution in [0.25, 0.3) is 10.9 Å². The molecule has 0 saturated heterocycles. The number of nitrogens with one attached hydrogen (secondary N) is 1. The zero-order chi connectivity index (χ0) is 12.6. The Morgan fingerprint density at radius 1 is 1.39 bits per heavy atom. The summed E-state index contributed by atoms with van der Waals surface area (Å²) < 4.78 is 0. The fraction of sp³-hybridized carbons (Fsp3) is 0.400. The number of rotatable bonds is 4. The van der Waals surface area contributed by atoms with Crippen LogP contribution in [0, 0.1) is 0 Å². The third-order valence-electron chi connectivity index (χ3n) is 3.54. The van der Waals surface area contributed by atoms with Crippen LogP contribution in [0.4, 0.5) is 0 Å². The molecule has 1 heterocycles. The summed E-state index contributed by atoms with van der Waals surface area (Å²) in [6.07, 6.45) is 4.24. The molecule has 1 atom stereocenters. The van der Waals surface area contributed by atoms with Gasteiger partial charge in [0, 0.05) is 24.2 Å². The zero-order valence-corrected chi connectivity index (χ0v) is 10.6. The van der Waals surface area contributed by atoms with Crippen LogP contribution in [-0.4, -0.2) is 22.7 Å². The molecular weight excluding hydrogens is 224 g/mol. The van der Waals surface area contributed by atoms with Crippen LogP contribution in [0.15, 0.2) is 36.5 Å². The maximum atomic E-state index is 10.5. The van der Waals surface area contributed by atoms with Crippen molar-refractivity contribution in [1.82, 2.24) is 10.3 Å². The van der Waals surface area contributed by atoms with Gasteiger partial charge in [0.05, 0.1) is 11.1 Å². The normalized spacial score (nSPS) is 18.8. The molecule has 3 heteroatoms. The molecule has 94 valence electrons. The number of nitrogens with zero attached hydrogens (tertiary/aromatic N) is 1. The van der Waals surface area contributed by atoms with Gasteiger partial charge in [0.15, 0.2) is 0 Å². The molecule has 0 radical (unpaired) electrons. The van der Waals surface area contributed by atoms with Gasteiger partial charge in [0.1, 0.15) is 0 Å². The largest absolute Gasteiger partial charge is 0.384 e. The number of benzene rings is 1. The smallest absolute Gasteiger partial charge is 0.0993 e. The van der Waals surface area contributed by atoms with E-state index in [-0.39, 0.29) is 0 Å². The topological polar surface area (TPSA) is 45.1 Å². The maximum Gasteiger partial charge on any atom is 0.0993 e. The van der Waals surface area contributed by atoms with Crippen molar-refractivity contribution in [3.8, 4) is 0 Å². The highest BCUT2D eigenvalue weighted by Crippen LogP contribution is 2.25. The number of hydrogen-bond acceptors (Lipinski definition) is 3. The van der Waals surface area contributed by atoms with E-state index in [4.69, 9.17) is 0 Å². The Labute approximate surface area is 107 Å². The van der Waals surface area contributed by atoms with E-state index in [1.807, 2.05) is 37.3 Å². The molecule has 1 unspecified atom stereocenters. The van der Waals surface area contributed by atoms with E-state index in [0.29, 0.717) is 12.6 Å². The summed E-state index contributed by atoms with van der Waals surface area (Å²) in [6.45, 7) is 2.45. The Hall–Kier alpha value is -1.45. The second kappa shape index (κ2) is 4.34. The van der Waals surface area contributed by atoms with Gasteiger partial charge in [-0.05, 0) is 37.5 Å². The van der Waals surface area contributed by atoms with Gasteiger partial charge in [-0.15, -0.1) is 0 Å². The highest BCUT2D eigenvalue weighted by atomic mass is 16.3. The van der Waals surface area contributed by atoms with Crippen molar-refractivity contribution < 1.29 is 5.11 Å². The molecule has 1 aliphatic carbocycles. The minimum absolute atomic E-state index is 0.593. The summed E-state index contributed by atoms with van der Waals surface area (Å²) >= 11 is 0. The molecule has 0 aliphatic heterocycles. The Balaban J connectivity index is 1.86. The first-order chi connectivity index (χ1) is 8.65. The molecule has 0 spiro atoms. The van der Waals surface area contributed by atoms with Crippen LogP contribution in [0.1, 0.15) is 25.3 Å². The molecular formula is C15H18N2O. The summed E-state index contributed by atoms with van der Waals surface area (Å²) in [5.74, 6) is 0. The quantitative estimate of drug-likeness (QED) is 0.864. The van der Waals surface area contributed by atoms with Crippen LogP contribution in [0.5, 0.6) is 0 Å². The van der Waals surface area contributed by atoms with Crippen molar-refractivity contribution in [2.24, 2.45) is 0 Å². The van der Waals surface area contributed by atoms with Crippen molar-refractivity contribution in [2.45, 2.75) is 31.4 Å². The van der Waals surface area contributed by atoms with Crippen LogP contribution in [0.2, 0.25) is 0 Å². The van der Waals surface area contributed by atoms with E-state index in [1.54, 1.807) is 6.20 Å². The fourth-order valence-electron chi connectivity index (χ4n) is 2.13. The summed E-state index contributed by atoms with van der Waals surface area (Å²) in [5, 5.41) is 15.0. The lowest BCUT2D eigenvalue weighted by Gasteiger charge is -2.24. The first-order valence-corrected chi connectivity index (χ1v) is 6.46. The average molecular weight is 242 g/mol. The molecule has 0 amide bonds. The summed E-state index contributed by atoms with van der Waals surface area (Å²) in [6, 6.07) is 10.5. The van der Waals surface area contributed by atoms with Crippen LogP contribution < -0.4 is 5.32 Å². The Morgan fingerprint density at radius 2 is 2.22 bits per heavy atom. The number of aromatic nitrogens is 1. The highest BCUT2D eigenvalue weighted by molar-refractivity contribution is 5.79. The summed E-state index contributed by atoms with van der Waals surface area (Å²) in [5.41, 5.74) is 1.01. The number of fused-ring (bicyclic) bond motifs is 1. The molecule has 1 fully saturated rings. The first kappa shape index (κ1) is 11.6. The molecule has 1 aliphatic rings. The summed E-state index contributed by atoms with van der Waals surface area (Å²) in [7, 11) is 0. The molecule has 0 bridgehead atoms. The van der Waals surface area contributed by atoms with Crippen molar-refractivity contribution in [2.75, 3.05) is 6.54 Å². The first-order valence-electron chi connectivity index (χ1n) is 6.46. The lowest BCUT2D eigenvalue weighted by Crippen LogP contribution is -2.36. The minimum Gasteiger partial charge on any atom is -0.384 e. The van der Waals surface area contributed by atoms with Gasteiger partial charge in [0.25, 0.3) is 0 Å². The van der Waals surface area contributed by atoms with Crippen molar-refractivity contribution in [1.29, 1.82) is 0 Å². The van der Waals surface area contributed by atoms with Crippen molar-refractivity contribution in [3.63, 3.8) is 0 Å². The van der Waals surface area contributed by atoms with Crippen molar-refractivity contribution >= 4 is 10.9 Å². The third kappa shape index (κ3) is 2.37. The maximum absolute atomic E-state index is 10.5. The molecule has 3 rings (SSSR count). The van der Waals surface area contributed by atoms with Crippen LogP contribution in [-0.2, 0) is 5.60 Å². The van der Waals surface area contributed by atoms with E-state index < -0.39 is 5.60 Å². The van der Waals surface area contributed by atoms with Gasteiger partial charge in [-0.1, -0.05) is 18.2 Å².